The summed E-state index contributed by atoms with van der Waals surface area (Å²) in [7, 11) is 3.75. The van der Waals surface area contributed by atoms with Crippen molar-refractivity contribution in [1.82, 2.24) is 20.0 Å². The standard InChI is InChI=1S/C15H21ClN4O2/c1-19(2)10-11(21)8-17-15(22)6-7-20-14-5-3-4-13(16)12(14)9-18-20/h3-5,9,11,21H,6-8,10H2,1-2H3,(H,17,22). The van der Waals surface area contributed by atoms with E-state index in [9.17, 15) is 9.90 Å². The molecule has 6 nitrogen and oxygen atoms in total. The maximum Gasteiger partial charge on any atom is 0.221 e. The number of likely N-dealkylation sites (N-methyl/N-ethyl adjacent to an activating group) is 1. The van der Waals surface area contributed by atoms with Crippen LogP contribution in [0.3, 0.4) is 0 Å². The Balaban J connectivity index is 1.84. The number of carbonyl (C=O) groups is 1. The van der Waals surface area contributed by atoms with E-state index in [1.807, 2.05) is 37.2 Å². The van der Waals surface area contributed by atoms with Gasteiger partial charge in [0.2, 0.25) is 5.91 Å². The molecule has 120 valence electrons. The number of hydrogen-bond acceptors (Lipinski definition) is 4. The van der Waals surface area contributed by atoms with Gasteiger partial charge in [-0.1, -0.05) is 17.7 Å². The summed E-state index contributed by atoms with van der Waals surface area (Å²) in [6.45, 7) is 1.24. The summed E-state index contributed by atoms with van der Waals surface area (Å²) in [5, 5.41) is 18.2. The molecule has 1 unspecified atom stereocenters. The van der Waals surface area contributed by atoms with Crippen LogP contribution in [0.1, 0.15) is 6.42 Å². The molecule has 0 fully saturated rings. The predicted octanol–water partition coefficient (Wildman–Crippen LogP) is 1.12. The summed E-state index contributed by atoms with van der Waals surface area (Å²) in [5.41, 5.74) is 0.910. The molecule has 1 heterocycles. The van der Waals surface area contributed by atoms with Crippen LogP contribution in [-0.4, -0.2) is 59.0 Å². The molecular weight excluding hydrogens is 304 g/mol. The van der Waals surface area contributed by atoms with Gasteiger partial charge in [-0.25, -0.2) is 0 Å². The Morgan fingerprint density at radius 1 is 1.50 bits per heavy atom. The number of benzene rings is 1. The van der Waals surface area contributed by atoms with Crippen molar-refractivity contribution < 1.29 is 9.90 Å². The zero-order valence-electron chi connectivity index (χ0n) is 12.8. The van der Waals surface area contributed by atoms with Crippen LogP contribution in [0, 0.1) is 0 Å². The number of carbonyl (C=O) groups excluding carboxylic acids is 1. The first-order valence-corrected chi connectivity index (χ1v) is 7.54. The third-order valence-corrected chi connectivity index (χ3v) is 3.63. The van der Waals surface area contributed by atoms with Gasteiger partial charge >= 0.3 is 0 Å². The smallest absolute Gasteiger partial charge is 0.221 e. The Kier molecular flexibility index (Phi) is 5.76. The Morgan fingerprint density at radius 2 is 2.27 bits per heavy atom. The molecule has 0 aliphatic carbocycles. The highest BCUT2D eigenvalue weighted by molar-refractivity contribution is 6.35. The number of fused-ring (bicyclic) bond motifs is 1. The van der Waals surface area contributed by atoms with Crippen molar-refractivity contribution in [3.8, 4) is 0 Å². The molecule has 7 heteroatoms. The topological polar surface area (TPSA) is 70.4 Å². The number of amides is 1. The molecule has 0 bridgehead atoms. The third-order valence-electron chi connectivity index (χ3n) is 3.30. The Morgan fingerprint density at radius 3 is 3.00 bits per heavy atom. The predicted molar refractivity (Wildman–Crippen MR) is 86.9 cm³/mol. The van der Waals surface area contributed by atoms with E-state index in [-0.39, 0.29) is 12.5 Å². The van der Waals surface area contributed by atoms with Crippen LogP contribution in [0.15, 0.2) is 24.4 Å². The van der Waals surface area contributed by atoms with Gasteiger partial charge in [0.15, 0.2) is 0 Å². The molecule has 1 aromatic carbocycles. The first-order chi connectivity index (χ1) is 10.5. The van der Waals surface area contributed by atoms with E-state index >= 15 is 0 Å². The molecule has 0 radical (unpaired) electrons. The Bertz CT molecular complexity index is 642. The number of rotatable bonds is 7. The van der Waals surface area contributed by atoms with E-state index < -0.39 is 6.10 Å². The van der Waals surface area contributed by atoms with E-state index in [4.69, 9.17) is 11.6 Å². The summed E-state index contributed by atoms with van der Waals surface area (Å²) in [6.07, 6.45) is 1.44. The third kappa shape index (κ3) is 4.43. The van der Waals surface area contributed by atoms with Crippen molar-refractivity contribution in [3.05, 3.63) is 29.4 Å². The molecule has 1 amide bonds. The largest absolute Gasteiger partial charge is 0.390 e. The first kappa shape index (κ1) is 16.7. The van der Waals surface area contributed by atoms with Gasteiger partial charge in [-0.15, -0.1) is 0 Å². The number of nitrogens with one attached hydrogen (secondary N) is 1. The zero-order chi connectivity index (χ0) is 16.1. The fourth-order valence-electron chi connectivity index (χ4n) is 2.26. The molecule has 2 N–H and O–H groups in total. The molecule has 1 aromatic heterocycles. The summed E-state index contributed by atoms with van der Waals surface area (Å²) in [5.74, 6) is -0.108. The van der Waals surface area contributed by atoms with Gasteiger partial charge < -0.3 is 15.3 Å². The summed E-state index contributed by atoms with van der Waals surface area (Å²) >= 11 is 6.09. The molecule has 0 spiro atoms. The van der Waals surface area contributed by atoms with E-state index in [0.717, 1.165) is 10.9 Å². The lowest BCUT2D eigenvalue weighted by Gasteiger charge is -2.16. The Hall–Kier alpha value is -1.63. The summed E-state index contributed by atoms with van der Waals surface area (Å²) < 4.78 is 1.76. The average molecular weight is 325 g/mol. The summed E-state index contributed by atoms with van der Waals surface area (Å²) in [4.78, 5) is 13.7. The fourth-order valence-corrected chi connectivity index (χ4v) is 2.48. The number of aryl methyl sites for hydroxylation is 1. The second-order valence-corrected chi connectivity index (χ2v) is 5.92. The SMILES string of the molecule is CN(C)CC(O)CNC(=O)CCn1ncc2c(Cl)cccc21. The van der Waals surface area contributed by atoms with Gasteiger partial charge in [-0.3, -0.25) is 9.48 Å². The van der Waals surface area contributed by atoms with E-state index in [1.165, 1.54) is 0 Å². The van der Waals surface area contributed by atoms with Crippen molar-refractivity contribution in [2.45, 2.75) is 19.1 Å². The molecule has 2 aromatic rings. The maximum absolute atomic E-state index is 11.8. The molecule has 0 aliphatic rings. The molecule has 2 rings (SSSR count). The van der Waals surface area contributed by atoms with Crippen LogP contribution in [-0.2, 0) is 11.3 Å². The highest BCUT2D eigenvalue weighted by atomic mass is 35.5. The van der Waals surface area contributed by atoms with Crippen LogP contribution in [0.5, 0.6) is 0 Å². The number of halogens is 1. The minimum absolute atomic E-state index is 0.108. The van der Waals surface area contributed by atoms with Crippen LogP contribution >= 0.6 is 11.6 Å². The van der Waals surface area contributed by atoms with Gasteiger partial charge in [0.05, 0.1) is 29.4 Å². The Labute approximate surface area is 134 Å². The van der Waals surface area contributed by atoms with Crippen molar-refractivity contribution in [3.63, 3.8) is 0 Å². The fraction of sp³-hybridized carbons (Fsp3) is 0.467. The number of aliphatic hydroxyl groups excluding tert-OH is 1. The molecule has 22 heavy (non-hydrogen) atoms. The maximum atomic E-state index is 11.8. The van der Waals surface area contributed by atoms with Crippen LogP contribution in [0.4, 0.5) is 0 Å². The molecule has 1 atom stereocenters. The van der Waals surface area contributed by atoms with Crippen LogP contribution in [0.25, 0.3) is 10.9 Å². The first-order valence-electron chi connectivity index (χ1n) is 7.17. The minimum atomic E-state index is -0.566. The van der Waals surface area contributed by atoms with Crippen molar-refractivity contribution in [2.24, 2.45) is 0 Å². The second-order valence-electron chi connectivity index (χ2n) is 5.51. The summed E-state index contributed by atoms with van der Waals surface area (Å²) in [6, 6.07) is 5.60. The van der Waals surface area contributed by atoms with Crippen molar-refractivity contribution in [1.29, 1.82) is 0 Å². The highest BCUT2D eigenvalue weighted by Crippen LogP contribution is 2.22. The monoisotopic (exact) mass is 324 g/mol. The van der Waals surface area contributed by atoms with Gasteiger partial charge in [0, 0.05) is 24.9 Å². The number of hydrogen-bond donors (Lipinski definition) is 2. The van der Waals surface area contributed by atoms with E-state index in [0.29, 0.717) is 24.5 Å². The van der Waals surface area contributed by atoms with E-state index in [2.05, 4.69) is 10.4 Å². The lowest BCUT2D eigenvalue weighted by Crippen LogP contribution is -2.37. The second kappa shape index (κ2) is 7.58. The van der Waals surface area contributed by atoms with Crippen LogP contribution in [0.2, 0.25) is 5.02 Å². The molecule has 0 saturated carbocycles. The van der Waals surface area contributed by atoms with E-state index in [1.54, 1.807) is 10.9 Å². The zero-order valence-corrected chi connectivity index (χ0v) is 13.5. The minimum Gasteiger partial charge on any atom is -0.390 e. The molecule has 0 saturated heterocycles. The highest BCUT2D eigenvalue weighted by Gasteiger charge is 2.10. The van der Waals surface area contributed by atoms with Gasteiger partial charge in [-0.2, -0.15) is 5.10 Å². The van der Waals surface area contributed by atoms with Gasteiger partial charge in [0.25, 0.3) is 0 Å². The number of nitrogens with zero attached hydrogens (tertiary/aromatic N) is 3. The van der Waals surface area contributed by atoms with Crippen molar-refractivity contribution in [2.75, 3.05) is 27.2 Å². The molecule has 0 aliphatic heterocycles. The van der Waals surface area contributed by atoms with Crippen LogP contribution < -0.4 is 5.32 Å². The van der Waals surface area contributed by atoms with Gasteiger partial charge in [-0.05, 0) is 26.2 Å². The number of aromatic nitrogens is 2. The normalized spacial score (nSPS) is 12.8. The quantitative estimate of drug-likeness (QED) is 0.800. The lowest BCUT2D eigenvalue weighted by atomic mass is 10.2. The van der Waals surface area contributed by atoms with Gasteiger partial charge in [0.1, 0.15) is 0 Å². The van der Waals surface area contributed by atoms with Crippen molar-refractivity contribution >= 4 is 28.4 Å². The lowest BCUT2D eigenvalue weighted by molar-refractivity contribution is -0.121. The average Bonchev–Trinajstić information content (AvgIpc) is 2.87. The number of aliphatic hydroxyl groups is 1. The molecular formula is C15H21ClN4O2.